The monoisotopic (exact) mass is 232 g/mol. The standard InChI is InChI=1S/C10H14Cl2N2/c1-2-13-5-6-14-10-7-8(11)3-4-9(10)12/h3-4,7,13-14H,2,5-6H2,1H3. The summed E-state index contributed by atoms with van der Waals surface area (Å²) in [6.07, 6.45) is 0. The first-order chi connectivity index (χ1) is 6.74. The molecule has 0 bridgehead atoms. The predicted octanol–water partition coefficient (Wildman–Crippen LogP) is 3.01. The highest BCUT2D eigenvalue weighted by Gasteiger charge is 1.99. The van der Waals surface area contributed by atoms with Gasteiger partial charge >= 0.3 is 0 Å². The summed E-state index contributed by atoms with van der Waals surface area (Å²) in [7, 11) is 0. The van der Waals surface area contributed by atoms with Gasteiger partial charge in [-0.1, -0.05) is 30.1 Å². The van der Waals surface area contributed by atoms with Crippen molar-refractivity contribution in [1.82, 2.24) is 5.32 Å². The van der Waals surface area contributed by atoms with Gasteiger partial charge in [0.25, 0.3) is 0 Å². The van der Waals surface area contributed by atoms with Crippen molar-refractivity contribution in [2.45, 2.75) is 6.92 Å². The van der Waals surface area contributed by atoms with Gasteiger partial charge in [-0.25, -0.2) is 0 Å². The van der Waals surface area contributed by atoms with Gasteiger partial charge in [-0.3, -0.25) is 0 Å². The Balaban J connectivity index is 2.45. The van der Waals surface area contributed by atoms with Crippen LogP contribution in [0.1, 0.15) is 6.92 Å². The second-order valence-electron chi connectivity index (χ2n) is 2.90. The van der Waals surface area contributed by atoms with Gasteiger partial charge in [0.1, 0.15) is 0 Å². The van der Waals surface area contributed by atoms with Crippen LogP contribution >= 0.6 is 23.2 Å². The number of hydrogen-bond donors (Lipinski definition) is 2. The highest BCUT2D eigenvalue weighted by Crippen LogP contribution is 2.24. The Morgan fingerprint density at radius 1 is 1.21 bits per heavy atom. The van der Waals surface area contributed by atoms with Gasteiger partial charge in [0, 0.05) is 18.1 Å². The number of rotatable bonds is 5. The van der Waals surface area contributed by atoms with Gasteiger partial charge in [-0.2, -0.15) is 0 Å². The number of hydrogen-bond acceptors (Lipinski definition) is 2. The summed E-state index contributed by atoms with van der Waals surface area (Å²) in [5, 5.41) is 7.82. The average molecular weight is 233 g/mol. The number of likely N-dealkylation sites (N-methyl/N-ethyl adjacent to an activating group) is 1. The van der Waals surface area contributed by atoms with E-state index in [4.69, 9.17) is 23.2 Å². The first kappa shape index (κ1) is 11.6. The quantitative estimate of drug-likeness (QED) is 0.764. The van der Waals surface area contributed by atoms with Gasteiger partial charge in [0.05, 0.1) is 10.7 Å². The first-order valence-corrected chi connectivity index (χ1v) is 5.39. The van der Waals surface area contributed by atoms with Crippen molar-refractivity contribution >= 4 is 28.9 Å². The summed E-state index contributed by atoms with van der Waals surface area (Å²) in [5.74, 6) is 0. The molecule has 0 aromatic heterocycles. The minimum Gasteiger partial charge on any atom is -0.383 e. The number of nitrogens with one attached hydrogen (secondary N) is 2. The Kier molecular flexibility index (Phi) is 5.09. The number of halogens is 2. The molecule has 0 heterocycles. The Morgan fingerprint density at radius 2 is 2.00 bits per heavy atom. The van der Waals surface area contributed by atoms with Crippen LogP contribution in [0.5, 0.6) is 0 Å². The van der Waals surface area contributed by atoms with Crippen LogP contribution in [-0.2, 0) is 0 Å². The summed E-state index contributed by atoms with van der Waals surface area (Å²) in [5.41, 5.74) is 0.886. The maximum Gasteiger partial charge on any atom is 0.0638 e. The molecule has 0 radical (unpaired) electrons. The molecule has 0 saturated heterocycles. The van der Waals surface area contributed by atoms with Crippen LogP contribution in [0.2, 0.25) is 10.0 Å². The van der Waals surface area contributed by atoms with Crippen molar-refractivity contribution in [2.24, 2.45) is 0 Å². The van der Waals surface area contributed by atoms with Crippen LogP contribution in [0.25, 0.3) is 0 Å². The molecule has 0 atom stereocenters. The van der Waals surface area contributed by atoms with E-state index in [-0.39, 0.29) is 0 Å². The predicted molar refractivity (Wildman–Crippen MR) is 63.5 cm³/mol. The fourth-order valence-corrected chi connectivity index (χ4v) is 1.45. The van der Waals surface area contributed by atoms with Gasteiger partial charge < -0.3 is 10.6 Å². The number of benzene rings is 1. The van der Waals surface area contributed by atoms with E-state index in [0.717, 1.165) is 25.3 Å². The number of anilines is 1. The molecule has 78 valence electrons. The van der Waals surface area contributed by atoms with E-state index in [1.807, 2.05) is 6.07 Å². The van der Waals surface area contributed by atoms with Crippen LogP contribution in [0.3, 0.4) is 0 Å². The lowest BCUT2D eigenvalue weighted by molar-refractivity contribution is 0.739. The van der Waals surface area contributed by atoms with Crippen LogP contribution in [-0.4, -0.2) is 19.6 Å². The van der Waals surface area contributed by atoms with Crippen molar-refractivity contribution in [1.29, 1.82) is 0 Å². The van der Waals surface area contributed by atoms with Gasteiger partial charge in [0.2, 0.25) is 0 Å². The van der Waals surface area contributed by atoms with E-state index in [1.54, 1.807) is 12.1 Å². The zero-order valence-electron chi connectivity index (χ0n) is 8.11. The molecule has 4 heteroatoms. The van der Waals surface area contributed by atoms with E-state index in [2.05, 4.69) is 17.6 Å². The van der Waals surface area contributed by atoms with Crippen molar-refractivity contribution in [2.75, 3.05) is 25.0 Å². The summed E-state index contributed by atoms with van der Waals surface area (Å²) in [6.45, 7) is 4.81. The largest absolute Gasteiger partial charge is 0.383 e. The third-order valence-electron chi connectivity index (χ3n) is 1.80. The maximum absolute atomic E-state index is 5.97. The highest BCUT2D eigenvalue weighted by atomic mass is 35.5. The SMILES string of the molecule is CCNCCNc1cc(Cl)ccc1Cl. The Bertz CT molecular complexity index is 289. The van der Waals surface area contributed by atoms with Gasteiger partial charge in [0.15, 0.2) is 0 Å². The lowest BCUT2D eigenvalue weighted by Crippen LogP contribution is -2.21. The molecule has 0 aliphatic rings. The lowest BCUT2D eigenvalue weighted by atomic mass is 10.3. The topological polar surface area (TPSA) is 24.1 Å². The third kappa shape index (κ3) is 3.74. The molecule has 2 N–H and O–H groups in total. The second kappa shape index (κ2) is 6.12. The molecule has 2 nitrogen and oxygen atoms in total. The Labute approximate surface area is 94.6 Å². The van der Waals surface area contributed by atoms with Crippen LogP contribution in [0.4, 0.5) is 5.69 Å². The van der Waals surface area contributed by atoms with E-state index < -0.39 is 0 Å². The van der Waals surface area contributed by atoms with Gasteiger partial charge in [-0.15, -0.1) is 0 Å². The van der Waals surface area contributed by atoms with Crippen LogP contribution in [0, 0.1) is 0 Å². The summed E-state index contributed by atoms with van der Waals surface area (Å²) in [4.78, 5) is 0. The maximum atomic E-state index is 5.97. The molecule has 0 amide bonds. The minimum atomic E-state index is 0.695. The Morgan fingerprint density at radius 3 is 2.71 bits per heavy atom. The Hall–Kier alpha value is -0.440. The van der Waals surface area contributed by atoms with E-state index in [9.17, 15) is 0 Å². The van der Waals surface area contributed by atoms with Gasteiger partial charge in [-0.05, 0) is 24.7 Å². The summed E-state index contributed by atoms with van der Waals surface area (Å²) in [6, 6.07) is 5.40. The molecule has 0 saturated carbocycles. The van der Waals surface area contributed by atoms with E-state index in [1.165, 1.54) is 0 Å². The minimum absolute atomic E-state index is 0.695. The fraction of sp³-hybridized carbons (Fsp3) is 0.400. The zero-order chi connectivity index (χ0) is 10.4. The average Bonchev–Trinajstić information content (AvgIpc) is 2.18. The van der Waals surface area contributed by atoms with Crippen molar-refractivity contribution in [3.05, 3.63) is 28.2 Å². The fourth-order valence-electron chi connectivity index (χ4n) is 1.10. The summed E-state index contributed by atoms with van der Waals surface area (Å²) < 4.78 is 0. The highest BCUT2D eigenvalue weighted by molar-refractivity contribution is 6.35. The molecule has 0 aliphatic heterocycles. The molecule has 0 fully saturated rings. The van der Waals surface area contributed by atoms with Crippen molar-refractivity contribution in [3.8, 4) is 0 Å². The molecule has 14 heavy (non-hydrogen) atoms. The molecule has 0 unspecified atom stereocenters. The molecule has 1 aromatic rings. The smallest absolute Gasteiger partial charge is 0.0638 e. The van der Waals surface area contributed by atoms with Crippen LogP contribution < -0.4 is 10.6 Å². The van der Waals surface area contributed by atoms with E-state index in [0.29, 0.717) is 10.0 Å². The molecule has 1 aromatic carbocycles. The molecule has 0 spiro atoms. The third-order valence-corrected chi connectivity index (χ3v) is 2.36. The molecular formula is C10H14Cl2N2. The summed E-state index contributed by atoms with van der Waals surface area (Å²) >= 11 is 11.8. The zero-order valence-corrected chi connectivity index (χ0v) is 9.62. The normalized spacial score (nSPS) is 10.2. The van der Waals surface area contributed by atoms with Crippen molar-refractivity contribution in [3.63, 3.8) is 0 Å². The molecule has 1 rings (SSSR count). The van der Waals surface area contributed by atoms with Crippen LogP contribution in [0.15, 0.2) is 18.2 Å². The van der Waals surface area contributed by atoms with E-state index >= 15 is 0 Å². The molecular weight excluding hydrogens is 219 g/mol. The second-order valence-corrected chi connectivity index (χ2v) is 3.75. The first-order valence-electron chi connectivity index (χ1n) is 4.63. The molecule has 0 aliphatic carbocycles. The van der Waals surface area contributed by atoms with Crippen molar-refractivity contribution < 1.29 is 0 Å². The lowest BCUT2D eigenvalue weighted by Gasteiger charge is -2.08.